The fourth-order valence-corrected chi connectivity index (χ4v) is 2.13. The van der Waals surface area contributed by atoms with Gasteiger partial charge < -0.3 is 5.32 Å². The SMILES string of the molecule is N#Cc1cccc(NCCCc2ccccc2)c1[N+](=O)[O-]. The average molecular weight is 281 g/mol. The Balaban J connectivity index is 1.98. The van der Waals surface area contributed by atoms with Crippen LogP contribution in [0.1, 0.15) is 17.5 Å². The second-order valence-electron chi connectivity index (χ2n) is 4.59. The first kappa shape index (κ1) is 14.5. The maximum absolute atomic E-state index is 11.1. The van der Waals surface area contributed by atoms with E-state index in [0.717, 1.165) is 12.8 Å². The number of para-hydroxylation sites is 1. The largest absolute Gasteiger partial charge is 0.379 e. The molecule has 0 saturated carbocycles. The molecule has 2 aromatic rings. The Labute approximate surface area is 123 Å². The van der Waals surface area contributed by atoms with Crippen LogP contribution >= 0.6 is 0 Å². The van der Waals surface area contributed by atoms with Gasteiger partial charge >= 0.3 is 5.69 Å². The lowest BCUT2D eigenvalue weighted by Gasteiger charge is -2.07. The van der Waals surface area contributed by atoms with E-state index in [2.05, 4.69) is 17.4 Å². The summed E-state index contributed by atoms with van der Waals surface area (Å²) in [6.45, 7) is 0.616. The number of aryl methyl sites for hydroxylation is 1. The molecule has 0 aliphatic carbocycles. The Hall–Kier alpha value is -2.87. The summed E-state index contributed by atoms with van der Waals surface area (Å²) in [7, 11) is 0. The zero-order valence-electron chi connectivity index (χ0n) is 11.5. The van der Waals surface area contributed by atoms with E-state index in [1.54, 1.807) is 12.1 Å². The van der Waals surface area contributed by atoms with Crippen molar-refractivity contribution in [3.63, 3.8) is 0 Å². The molecule has 0 heterocycles. The molecule has 5 heteroatoms. The molecule has 1 N–H and O–H groups in total. The lowest BCUT2D eigenvalue weighted by Crippen LogP contribution is -2.06. The van der Waals surface area contributed by atoms with Gasteiger partial charge in [0, 0.05) is 6.54 Å². The summed E-state index contributed by atoms with van der Waals surface area (Å²) in [5.74, 6) is 0. The molecule has 5 nitrogen and oxygen atoms in total. The van der Waals surface area contributed by atoms with Crippen molar-refractivity contribution in [3.05, 3.63) is 69.8 Å². The molecule has 0 radical (unpaired) electrons. The number of nitrogens with one attached hydrogen (secondary N) is 1. The summed E-state index contributed by atoms with van der Waals surface area (Å²) in [5.41, 5.74) is 1.56. The Kier molecular flexibility index (Phi) is 4.89. The highest BCUT2D eigenvalue weighted by Crippen LogP contribution is 2.27. The first-order valence-corrected chi connectivity index (χ1v) is 6.67. The van der Waals surface area contributed by atoms with Gasteiger partial charge in [-0.25, -0.2) is 0 Å². The maximum atomic E-state index is 11.1. The quantitative estimate of drug-likeness (QED) is 0.499. The average Bonchev–Trinajstić information content (AvgIpc) is 2.52. The van der Waals surface area contributed by atoms with Gasteiger partial charge in [-0.15, -0.1) is 0 Å². The van der Waals surface area contributed by atoms with Gasteiger partial charge in [0.05, 0.1) is 4.92 Å². The molecule has 0 aliphatic heterocycles. The van der Waals surface area contributed by atoms with Crippen LogP contribution in [0.2, 0.25) is 0 Å². The van der Waals surface area contributed by atoms with Crippen molar-refractivity contribution in [1.29, 1.82) is 5.26 Å². The van der Waals surface area contributed by atoms with E-state index in [1.807, 2.05) is 24.3 Å². The molecule has 0 atom stereocenters. The van der Waals surface area contributed by atoms with Gasteiger partial charge in [-0.1, -0.05) is 36.4 Å². The molecule has 0 spiro atoms. The highest BCUT2D eigenvalue weighted by Gasteiger charge is 2.18. The summed E-state index contributed by atoms with van der Waals surface area (Å²) in [6, 6.07) is 16.6. The molecule has 0 aliphatic rings. The van der Waals surface area contributed by atoms with Crippen LogP contribution in [-0.4, -0.2) is 11.5 Å². The number of nitriles is 1. The maximum Gasteiger partial charge on any atom is 0.309 e. The topological polar surface area (TPSA) is 79.0 Å². The Morgan fingerprint density at radius 1 is 1.14 bits per heavy atom. The molecule has 0 unspecified atom stereocenters. The first-order chi connectivity index (χ1) is 10.2. The Bertz CT molecular complexity index is 663. The highest BCUT2D eigenvalue weighted by atomic mass is 16.6. The molecule has 0 aromatic heterocycles. The summed E-state index contributed by atoms with van der Waals surface area (Å²) >= 11 is 0. The van der Waals surface area contributed by atoms with Gasteiger partial charge in [0.25, 0.3) is 0 Å². The molecule has 0 saturated heterocycles. The summed E-state index contributed by atoms with van der Waals surface area (Å²) in [4.78, 5) is 10.6. The van der Waals surface area contributed by atoms with Gasteiger partial charge in [0.15, 0.2) is 0 Å². The minimum absolute atomic E-state index is 0.0769. The zero-order chi connectivity index (χ0) is 15.1. The fourth-order valence-electron chi connectivity index (χ4n) is 2.13. The third-order valence-corrected chi connectivity index (χ3v) is 3.14. The lowest BCUT2D eigenvalue weighted by atomic mass is 10.1. The highest BCUT2D eigenvalue weighted by molar-refractivity contribution is 5.68. The van der Waals surface area contributed by atoms with Gasteiger partial charge in [-0.05, 0) is 30.5 Å². The third kappa shape index (κ3) is 3.80. The van der Waals surface area contributed by atoms with Crippen molar-refractivity contribution in [2.75, 3.05) is 11.9 Å². The van der Waals surface area contributed by atoms with E-state index < -0.39 is 4.92 Å². The van der Waals surface area contributed by atoms with Crippen molar-refractivity contribution in [3.8, 4) is 6.07 Å². The Morgan fingerprint density at radius 3 is 2.57 bits per heavy atom. The summed E-state index contributed by atoms with van der Waals surface area (Å²) < 4.78 is 0. The van der Waals surface area contributed by atoms with Gasteiger partial charge in [0.2, 0.25) is 0 Å². The number of nitro benzene ring substituents is 1. The van der Waals surface area contributed by atoms with Crippen LogP contribution in [0.25, 0.3) is 0 Å². The molecule has 0 fully saturated rings. The van der Waals surface area contributed by atoms with Crippen LogP contribution in [0.4, 0.5) is 11.4 Å². The number of benzene rings is 2. The number of nitro groups is 1. The van der Waals surface area contributed by atoms with Crippen molar-refractivity contribution >= 4 is 11.4 Å². The summed E-state index contributed by atoms with van der Waals surface area (Å²) in [5, 5.41) is 23.0. The smallest absolute Gasteiger partial charge is 0.309 e. The predicted octanol–water partition coefficient (Wildman–Crippen LogP) is 3.51. The van der Waals surface area contributed by atoms with Crippen LogP contribution in [-0.2, 0) is 6.42 Å². The van der Waals surface area contributed by atoms with E-state index in [4.69, 9.17) is 5.26 Å². The van der Waals surface area contributed by atoms with Crippen molar-refractivity contribution in [1.82, 2.24) is 0 Å². The number of rotatable bonds is 6. The zero-order valence-corrected chi connectivity index (χ0v) is 11.5. The van der Waals surface area contributed by atoms with Crippen molar-refractivity contribution in [2.45, 2.75) is 12.8 Å². The molecule has 106 valence electrons. The van der Waals surface area contributed by atoms with E-state index in [9.17, 15) is 10.1 Å². The van der Waals surface area contributed by atoms with Crippen LogP contribution < -0.4 is 5.32 Å². The monoisotopic (exact) mass is 281 g/mol. The van der Waals surface area contributed by atoms with Gasteiger partial charge in [-0.3, -0.25) is 10.1 Å². The molecule has 21 heavy (non-hydrogen) atoms. The van der Waals surface area contributed by atoms with Gasteiger partial charge in [-0.2, -0.15) is 5.26 Å². The molecule has 0 bridgehead atoms. The Morgan fingerprint density at radius 2 is 1.90 bits per heavy atom. The second kappa shape index (κ2) is 7.06. The minimum Gasteiger partial charge on any atom is -0.379 e. The number of anilines is 1. The number of hydrogen-bond donors (Lipinski definition) is 1. The second-order valence-corrected chi connectivity index (χ2v) is 4.59. The minimum atomic E-state index is -0.516. The number of hydrogen-bond acceptors (Lipinski definition) is 4. The van der Waals surface area contributed by atoms with E-state index in [0.29, 0.717) is 12.2 Å². The number of nitrogens with zero attached hydrogens (tertiary/aromatic N) is 2. The molecular formula is C16H15N3O2. The molecule has 2 aromatic carbocycles. The normalized spacial score (nSPS) is 9.86. The first-order valence-electron chi connectivity index (χ1n) is 6.67. The van der Waals surface area contributed by atoms with Crippen molar-refractivity contribution < 1.29 is 4.92 Å². The summed E-state index contributed by atoms with van der Waals surface area (Å²) in [6.07, 6.45) is 1.76. The van der Waals surface area contributed by atoms with Crippen LogP contribution in [0.5, 0.6) is 0 Å². The van der Waals surface area contributed by atoms with E-state index >= 15 is 0 Å². The molecule has 0 amide bonds. The van der Waals surface area contributed by atoms with Crippen LogP contribution in [0, 0.1) is 21.4 Å². The van der Waals surface area contributed by atoms with Crippen molar-refractivity contribution in [2.24, 2.45) is 0 Å². The van der Waals surface area contributed by atoms with Crippen LogP contribution in [0.15, 0.2) is 48.5 Å². The third-order valence-electron chi connectivity index (χ3n) is 3.14. The van der Waals surface area contributed by atoms with Gasteiger partial charge in [0.1, 0.15) is 17.3 Å². The van der Waals surface area contributed by atoms with Crippen LogP contribution in [0.3, 0.4) is 0 Å². The molecular weight excluding hydrogens is 266 g/mol. The predicted molar refractivity (Wildman–Crippen MR) is 81.1 cm³/mol. The lowest BCUT2D eigenvalue weighted by molar-refractivity contribution is -0.384. The van der Waals surface area contributed by atoms with E-state index in [-0.39, 0.29) is 11.3 Å². The standard InChI is InChI=1S/C16H15N3O2/c17-12-14-9-4-10-15(16(14)19(20)21)18-11-5-8-13-6-2-1-3-7-13/h1-4,6-7,9-10,18H,5,8,11H2. The fraction of sp³-hybridized carbons (Fsp3) is 0.188. The van der Waals surface area contributed by atoms with E-state index in [1.165, 1.54) is 11.6 Å². The molecule has 2 rings (SSSR count).